The lowest BCUT2D eigenvalue weighted by Gasteiger charge is -2.29. The number of nitrogens with zero attached hydrogens (tertiary/aromatic N) is 2. The number of hydrogen-bond acceptors (Lipinski definition) is 4. The molecule has 2 aromatic heterocycles. The lowest BCUT2D eigenvalue weighted by Crippen LogP contribution is -2.35. The van der Waals surface area contributed by atoms with Crippen LogP contribution >= 0.6 is 23.8 Å². The number of aromatic carboxylic acids is 1. The summed E-state index contributed by atoms with van der Waals surface area (Å²) in [5, 5.41) is 13.7. The summed E-state index contributed by atoms with van der Waals surface area (Å²) < 4.78 is 6.20. The molecule has 4 rings (SSSR count). The standard InChI is InChI=1S/C22H20ClN3O3S/c1-12(2)26-20(19(25-22(26)30)16-5-3-4-10-24-16)18-9-8-17(29-18)14-11-13(21(27)28)6-7-15(14)23/h3-12,19-20H,1-2H3,(H,25,30)(H,27,28). The molecule has 0 saturated carbocycles. The zero-order valence-corrected chi connectivity index (χ0v) is 17.9. The van der Waals surface area contributed by atoms with E-state index in [9.17, 15) is 9.90 Å². The topological polar surface area (TPSA) is 78.6 Å². The van der Waals surface area contributed by atoms with Gasteiger partial charge in [0, 0.05) is 17.8 Å². The van der Waals surface area contributed by atoms with Crippen molar-refractivity contribution in [2.24, 2.45) is 0 Å². The van der Waals surface area contributed by atoms with E-state index in [1.54, 1.807) is 18.3 Å². The highest BCUT2D eigenvalue weighted by molar-refractivity contribution is 7.80. The highest BCUT2D eigenvalue weighted by atomic mass is 35.5. The van der Waals surface area contributed by atoms with Crippen molar-refractivity contribution >= 4 is 34.9 Å². The molecule has 2 N–H and O–H groups in total. The van der Waals surface area contributed by atoms with Crippen LogP contribution in [0.25, 0.3) is 11.3 Å². The van der Waals surface area contributed by atoms with Crippen molar-refractivity contribution in [2.75, 3.05) is 0 Å². The van der Waals surface area contributed by atoms with Crippen LogP contribution in [0.3, 0.4) is 0 Å². The fourth-order valence-electron chi connectivity index (χ4n) is 3.73. The minimum Gasteiger partial charge on any atom is -0.478 e. The number of carboxylic acids is 1. The fraction of sp³-hybridized carbons (Fsp3) is 0.227. The molecule has 6 nitrogen and oxygen atoms in total. The van der Waals surface area contributed by atoms with E-state index in [2.05, 4.69) is 29.0 Å². The second kappa shape index (κ2) is 8.08. The van der Waals surface area contributed by atoms with Crippen LogP contribution in [-0.2, 0) is 0 Å². The zero-order valence-electron chi connectivity index (χ0n) is 16.4. The highest BCUT2D eigenvalue weighted by Crippen LogP contribution is 2.42. The van der Waals surface area contributed by atoms with Crippen molar-refractivity contribution in [3.05, 3.63) is 76.8 Å². The Morgan fingerprint density at radius 3 is 2.73 bits per heavy atom. The summed E-state index contributed by atoms with van der Waals surface area (Å²) in [7, 11) is 0. The molecule has 1 saturated heterocycles. The van der Waals surface area contributed by atoms with Gasteiger partial charge in [-0.3, -0.25) is 4.98 Å². The Kier molecular flexibility index (Phi) is 5.49. The van der Waals surface area contributed by atoms with Crippen LogP contribution in [0.4, 0.5) is 0 Å². The SMILES string of the molecule is CC(C)N1C(=S)NC(c2ccccn2)C1c1ccc(-c2cc(C(=O)O)ccc2Cl)o1. The number of thiocarbonyl (C=S) groups is 1. The molecule has 0 aliphatic carbocycles. The molecule has 1 fully saturated rings. The first-order valence-electron chi connectivity index (χ1n) is 9.49. The quantitative estimate of drug-likeness (QED) is 0.535. The molecule has 1 aromatic carbocycles. The monoisotopic (exact) mass is 441 g/mol. The number of aromatic nitrogens is 1. The number of furan rings is 1. The maximum absolute atomic E-state index is 11.4. The molecule has 0 spiro atoms. The zero-order chi connectivity index (χ0) is 21.4. The van der Waals surface area contributed by atoms with Crippen molar-refractivity contribution < 1.29 is 14.3 Å². The number of carbonyl (C=O) groups is 1. The van der Waals surface area contributed by atoms with Crippen molar-refractivity contribution in [3.63, 3.8) is 0 Å². The van der Waals surface area contributed by atoms with Gasteiger partial charge in [0.05, 0.1) is 22.3 Å². The lowest BCUT2D eigenvalue weighted by atomic mass is 10.0. The van der Waals surface area contributed by atoms with Crippen LogP contribution in [0, 0.1) is 0 Å². The molecule has 8 heteroatoms. The molecule has 30 heavy (non-hydrogen) atoms. The Bertz CT molecular complexity index is 1100. The van der Waals surface area contributed by atoms with Gasteiger partial charge in [-0.2, -0.15) is 0 Å². The van der Waals surface area contributed by atoms with Crippen LogP contribution in [0.15, 0.2) is 59.1 Å². The summed E-state index contributed by atoms with van der Waals surface area (Å²) in [6.45, 7) is 4.14. The molecule has 2 atom stereocenters. The third kappa shape index (κ3) is 3.66. The number of benzene rings is 1. The lowest BCUT2D eigenvalue weighted by molar-refractivity contribution is 0.0697. The van der Waals surface area contributed by atoms with E-state index in [1.165, 1.54) is 12.1 Å². The Morgan fingerprint density at radius 2 is 2.07 bits per heavy atom. The Morgan fingerprint density at radius 1 is 1.27 bits per heavy atom. The first-order chi connectivity index (χ1) is 14.4. The molecule has 1 aliphatic heterocycles. The summed E-state index contributed by atoms with van der Waals surface area (Å²) in [5.41, 5.74) is 1.53. The van der Waals surface area contributed by atoms with Crippen LogP contribution in [-0.4, -0.2) is 32.1 Å². The predicted molar refractivity (Wildman–Crippen MR) is 119 cm³/mol. The molecular formula is C22H20ClN3O3S. The smallest absolute Gasteiger partial charge is 0.335 e. The molecular weight excluding hydrogens is 422 g/mol. The van der Waals surface area contributed by atoms with Crippen molar-refractivity contribution in [2.45, 2.75) is 32.0 Å². The molecule has 0 radical (unpaired) electrons. The van der Waals surface area contributed by atoms with Gasteiger partial charge in [0.25, 0.3) is 0 Å². The number of halogens is 1. The first kappa shape index (κ1) is 20.4. The van der Waals surface area contributed by atoms with Crippen molar-refractivity contribution in [3.8, 4) is 11.3 Å². The summed E-state index contributed by atoms with van der Waals surface area (Å²) in [5.74, 6) is 0.170. The Balaban J connectivity index is 1.77. The minimum atomic E-state index is -1.02. The van der Waals surface area contributed by atoms with Crippen LogP contribution < -0.4 is 5.32 Å². The molecule has 3 heterocycles. The average molecular weight is 442 g/mol. The van der Waals surface area contributed by atoms with E-state index in [1.807, 2.05) is 24.3 Å². The van der Waals surface area contributed by atoms with Gasteiger partial charge >= 0.3 is 5.97 Å². The number of rotatable bonds is 5. The maximum Gasteiger partial charge on any atom is 0.335 e. The van der Waals surface area contributed by atoms with Crippen LogP contribution in [0.2, 0.25) is 5.02 Å². The largest absolute Gasteiger partial charge is 0.478 e. The van der Waals surface area contributed by atoms with Gasteiger partial charge in [0.15, 0.2) is 5.11 Å². The van der Waals surface area contributed by atoms with Gasteiger partial charge in [0.1, 0.15) is 17.6 Å². The first-order valence-corrected chi connectivity index (χ1v) is 10.3. The highest BCUT2D eigenvalue weighted by Gasteiger charge is 2.42. The number of carboxylic acid groups (broad SMARTS) is 1. The molecule has 3 aromatic rings. The van der Waals surface area contributed by atoms with E-state index >= 15 is 0 Å². The number of nitrogens with one attached hydrogen (secondary N) is 1. The summed E-state index contributed by atoms with van der Waals surface area (Å²) in [6, 6.07) is 13.7. The van der Waals surface area contributed by atoms with Gasteiger partial charge in [-0.25, -0.2) is 4.79 Å². The second-order valence-corrected chi connectivity index (χ2v) is 8.12. The van der Waals surface area contributed by atoms with E-state index in [0.29, 0.717) is 27.2 Å². The number of hydrogen-bond donors (Lipinski definition) is 2. The van der Waals surface area contributed by atoms with Gasteiger partial charge < -0.3 is 19.7 Å². The van der Waals surface area contributed by atoms with Gasteiger partial charge in [-0.15, -0.1) is 0 Å². The molecule has 2 unspecified atom stereocenters. The van der Waals surface area contributed by atoms with Crippen LogP contribution in [0.5, 0.6) is 0 Å². The number of pyridine rings is 1. The maximum atomic E-state index is 11.4. The fourth-order valence-corrected chi connectivity index (χ4v) is 4.39. The van der Waals surface area contributed by atoms with Gasteiger partial charge in [-0.05, 0) is 68.5 Å². The second-order valence-electron chi connectivity index (χ2n) is 7.33. The van der Waals surface area contributed by atoms with Crippen LogP contribution in [0.1, 0.15) is 47.7 Å². The van der Waals surface area contributed by atoms with E-state index in [4.69, 9.17) is 28.2 Å². The van der Waals surface area contributed by atoms with E-state index in [-0.39, 0.29) is 23.7 Å². The van der Waals surface area contributed by atoms with Gasteiger partial charge in [0.2, 0.25) is 0 Å². The molecule has 154 valence electrons. The Hall–Kier alpha value is -2.90. The third-order valence-electron chi connectivity index (χ3n) is 5.09. The minimum absolute atomic E-state index is 0.135. The molecule has 1 aliphatic rings. The third-order valence-corrected chi connectivity index (χ3v) is 5.75. The van der Waals surface area contributed by atoms with Crippen molar-refractivity contribution in [1.29, 1.82) is 0 Å². The van der Waals surface area contributed by atoms with Crippen molar-refractivity contribution in [1.82, 2.24) is 15.2 Å². The molecule has 0 bridgehead atoms. The summed E-state index contributed by atoms with van der Waals surface area (Å²) in [4.78, 5) is 17.9. The normalized spacial score (nSPS) is 18.7. The summed E-state index contributed by atoms with van der Waals surface area (Å²) in [6.07, 6.45) is 1.75. The average Bonchev–Trinajstić information content (AvgIpc) is 3.33. The van der Waals surface area contributed by atoms with E-state index < -0.39 is 5.97 Å². The predicted octanol–water partition coefficient (Wildman–Crippen LogP) is 5.07. The van der Waals surface area contributed by atoms with E-state index in [0.717, 1.165) is 5.69 Å². The Labute approximate surface area is 184 Å². The summed E-state index contributed by atoms with van der Waals surface area (Å²) >= 11 is 11.9. The molecule has 0 amide bonds. The van der Waals surface area contributed by atoms with Gasteiger partial charge in [-0.1, -0.05) is 17.7 Å².